The van der Waals surface area contributed by atoms with Crippen LogP contribution in [0.15, 0.2) is 30.3 Å². The Kier molecular flexibility index (Phi) is 5.21. The van der Waals surface area contributed by atoms with Gasteiger partial charge in [0.15, 0.2) is 0 Å². The van der Waals surface area contributed by atoms with E-state index in [-0.39, 0.29) is 0 Å². The largest absolute Gasteiger partial charge is 0.330 e. The van der Waals surface area contributed by atoms with E-state index < -0.39 is 0 Å². The first-order valence-electron chi connectivity index (χ1n) is 7.19. The predicted molar refractivity (Wildman–Crippen MR) is 84.2 cm³/mol. The van der Waals surface area contributed by atoms with Crippen molar-refractivity contribution in [2.24, 2.45) is 5.73 Å². The van der Waals surface area contributed by atoms with Crippen molar-refractivity contribution in [1.82, 2.24) is 9.78 Å². The minimum atomic E-state index is 0.305. The molecule has 1 aromatic carbocycles. The van der Waals surface area contributed by atoms with Gasteiger partial charge in [-0.05, 0) is 50.1 Å². The number of nitrogens with zero attached hydrogens (tertiary/aromatic N) is 2. The SMILES string of the molecule is CCc1cc(CC(CN)c2ccc(Cl)cc2)n(CC)n1. The Balaban J connectivity index is 2.21. The third-order valence-corrected chi connectivity index (χ3v) is 3.91. The van der Waals surface area contributed by atoms with Crippen LogP contribution in [-0.2, 0) is 19.4 Å². The zero-order valence-electron chi connectivity index (χ0n) is 12.1. The number of hydrogen-bond acceptors (Lipinski definition) is 2. The summed E-state index contributed by atoms with van der Waals surface area (Å²) >= 11 is 5.94. The average molecular weight is 292 g/mol. The Bertz CT molecular complexity index is 545. The third-order valence-electron chi connectivity index (χ3n) is 3.66. The number of benzene rings is 1. The van der Waals surface area contributed by atoms with Gasteiger partial charge in [0, 0.05) is 23.2 Å². The minimum absolute atomic E-state index is 0.305. The second-order valence-corrected chi connectivity index (χ2v) is 5.42. The first-order chi connectivity index (χ1) is 9.67. The van der Waals surface area contributed by atoms with Gasteiger partial charge in [0.2, 0.25) is 0 Å². The molecule has 1 atom stereocenters. The molecule has 2 N–H and O–H groups in total. The zero-order chi connectivity index (χ0) is 14.5. The molecule has 0 aliphatic heterocycles. The first kappa shape index (κ1) is 15.1. The normalized spacial score (nSPS) is 12.6. The average Bonchev–Trinajstić information content (AvgIpc) is 2.88. The number of nitrogens with two attached hydrogens (primary N) is 1. The molecule has 0 bridgehead atoms. The molecule has 20 heavy (non-hydrogen) atoms. The lowest BCUT2D eigenvalue weighted by Crippen LogP contribution is -2.17. The smallest absolute Gasteiger partial charge is 0.0624 e. The molecular formula is C16H22ClN3. The minimum Gasteiger partial charge on any atom is -0.330 e. The summed E-state index contributed by atoms with van der Waals surface area (Å²) < 4.78 is 2.08. The number of hydrogen-bond donors (Lipinski definition) is 1. The van der Waals surface area contributed by atoms with E-state index >= 15 is 0 Å². The summed E-state index contributed by atoms with van der Waals surface area (Å²) in [6, 6.07) is 10.2. The lowest BCUT2D eigenvalue weighted by atomic mass is 9.94. The van der Waals surface area contributed by atoms with Crippen molar-refractivity contribution in [2.45, 2.75) is 39.2 Å². The van der Waals surface area contributed by atoms with Gasteiger partial charge in [0.05, 0.1) is 5.69 Å². The van der Waals surface area contributed by atoms with Gasteiger partial charge in [-0.2, -0.15) is 5.10 Å². The van der Waals surface area contributed by atoms with Crippen molar-refractivity contribution in [3.05, 3.63) is 52.3 Å². The maximum atomic E-state index is 5.96. The Morgan fingerprint density at radius 2 is 1.95 bits per heavy atom. The van der Waals surface area contributed by atoms with Crippen LogP contribution in [0.1, 0.15) is 36.7 Å². The van der Waals surface area contributed by atoms with Crippen LogP contribution in [0.5, 0.6) is 0 Å². The van der Waals surface area contributed by atoms with Crippen molar-refractivity contribution in [2.75, 3.05) is 6.54 Å². The molecule has 2 rings (SSSR count). The van der Waals surface area contributed by atoms with Crippen molar-refractivity contribution in [3.8, 4) is 0 Å². The monoisotopic (exact) mass is 291 g/mol. The van der Waals surface area contributed by atoms with Crippen LogP contribution >= 0.6 is 11.6 Å². The molecule has 108 valence electrons. The molecule has 1 aromatic heterocycles. The fourth-order valence-corrected chi connectivity index (χ4v) is 2.58. The van der Waals surface area contributed by atoms with Crippen LogP contribution in [0, 0.1) is 0 Å². The Morgan fingerprint density at radius 1 is 1.25 bits per heavy atom. The van der Waals surface area contributed by atoms with Gasteiger partial charge in [-0.1, -0.05) is 30.7 Å². The van der Waals surface area contributed by atoms with Crippen molar-refractivity contribution in [1.29, 1.82) is 0 Å². The van der Waals surface area contributed by atoms with Gasteiger partial charge >= 0.3 is 0 Å². The molecule has 0 saturated heterocycles. The lowest BCUT2D eigenvalue weighted by Gasteiger charge is -2.16. The van der Waals surface area contributed by atoms with E-state index in [0.29, 0.717) is 12.5 Å². The van der Waals surface area contributed by atoms with Gasteiger partial charge in [-0.3, -0.25) is 4.68 Å². The molecule has 0 aliphatic rings. The maximum Gasteiger partial charge on any atom is 0.0624 e. The second-order valence-electron chi connectivity index (χ2n) is 4.98. The molecule has 0 amide bonds. The highest BCUT2D eigenvalue weighted by Crippen LogP contribution is 2.22. The topological polar surface area (TPSA) is 43.8 Å². The maximum absolute atomic E-state index is 5.96. The van der Waals surface area contributed by atoms with Crippen molar-refractivity contribution < 1.29 is 0 Å². The number of rotatable bonds is 6. The molecule has 0 saturated carbocycles. The fourth-order valence-electron chi connectivity index (χ4n) is 2.45. The van der Waals surface area contributed by atoms with E-state index in [1.54, 1.807) is 0 Å². The van der Waals surface area contributed by atoms with Crippen LogP contribution < -0.4 is 5.73 Å². The summed E-state index contributed by atoms with van der Waals surface area (Å²) in [4.78, 5) is 0. The first-order valence-corrected chi connectivity index (χ1v) is 7.56. The van der Waals surface area contributed by atoms with Crippen molar-refractivity contribution >= 4 is 11.6 Å². The van der Waals surface area contributed by atoms with E-state index in [9.17, 15) is 0 Å². The van der Waals surface area contributed by atoms with E-state index in [0.717, 1.165) is 30.1 Å². The van der Waals surface area contributed by atoms with Gasteiger partial charge in [0.1, 0.15) is 0 Å². The summed E-state index contributed by atoms with van der Waals surface area (Å²) in [5.74, 6) is 0.305. The van der Waals surface area contributed by atoms with E-state index in [4.69, 9.17) is 17.3 Å². The molecule has 0 aliphatic carbocycles. The molecule has 1 unspecified atom stereocenters. The predicted octanol–water partition coefficient (Wildman–Crippen LogP) is 3.40. The van der Waals surface area contributed by atoms with Crippen LogP contribution in [0.4, 0.5) is 0 Å². The van der Waals surface area contributed by atoms with Gasteiger partial charge in [-0.25, -0.2) is 0 Å². The summed E-state index contributed by atoms with van der Waals surface area (Å²) in [5, 5.41) is 5.36. The van der Waals surface area contributed by atoms with E-state index in [1.165, 1.54) is 11.3 Å². The third kappa shape index (κ3) is 3.41. The highest BCUT2D eigenvalue weighted by atomic mass is 35.5. The Labute approximate surface area is 125 Å². The van der Waals surface area contributed by atoms with Gasteiger partial charge in [0.25, 0.3) is 0 Å². The summed E-state index contributed by atoms with van der Waals surface area (Å²) in [7, 11) is 0. The number of aromatic nitrogens is 2. The highest BCUT2D eigenvalue weighted by Gasteiger charge is 2.14. The standard InChI is InChI=1S/C16H22ClN3/c1-3-15-10-16(20(4-2)19-15)9-13(11-18)12-5-7-14(17)8-6-12/h5-8,10,13H,3-4,9,11,18H2,1-2H3. The molecule has 4 heteroatoms. The molecule has 1 heterocycles. The van der Waals surface area contributed by atoms with Crippen LogP contribution in [0.3, 0.4) is 0 Å². The van der Waals surface area contributed by atoms with Gasteiger partial charge < -0.3 is 5.73 Å². The van der Waals surface area contributed by atoms with Gasteiger partial charge in [-0.15, -0.1) is 0 Å². The highest BCUT2D eigenvalue weighted by molar-refractivity contribution is 6.30. The lowest BCUT2D eigenvalue weighted by molar-refractivity contribution is 0.581. The number of halogens is 1. The molecule has 3 nitrogen and oxygen atoms in total. The van der Waals surface area contributed by atoms with E-state index in [2.05, 4.69) is 41.8 Å². The summed E-state index contributed by atoms with van der Waals surface area (Å²) in [6.07, 6.45) is 1.88. The van der Waals surface area contributed by atoms with Crippen LogP contribution in [-0.4, -0.2) is 16.3 Å². The van der Waals surface area contributed by atoms with Crippen LogP contribution in [0.2, 0.25) is 5.02 Å². The second kappa shape index (κ2) is 6.91. The Morgan fingerprint density at radius 3 is 2.50 bits per heavy atom. The molecule has 2 aromatic rings. The number of aryl methyl sites for hydroxylation is 2. The summed E-state index contributed by atoms with van der Waals surface area (Å²) in [6.45, 7) is 5.77. The molecular weight excluding hydrogens is 270 g/mol. The quantitative estimate of drug-likeness (QED) is 0.886. The zero-order valence-corrected chi connectivity index (χ0v) is 12.9. The summed E-state index contributed by atoms with van der Waals surface area (Å²) in [5.41, 5.74) is 9.60. The molecule has 0 spiro atoms. The van der Waals surface area contributed by atoms with Crippen molar-refractivity contribution in [3.63, 3.8) is 0 Å². The molecule has 0 fully saturated rings. The van der Waals surface area contributed by atoms with Crippen LogP contribution in [0.25, 0.3) is 0 Å². The Hall–Kier alpha value is -1.32. The van der Waals surface area contributed by atoms with E-state index in [1.807, 2.05) is 12.1 Å². The fraction of sp³-hybridized carbons (Fsp3) is 0.438. The molecule has 0 radical (unpaired) electrons.